The SMILES string of the molecule is C=C(COc1ncccc1[N+](=O)[O-])OC. The molecule has 0 saturated carbocycles. The molecule has 0 atom stereocenters. The molecule has 6 nitrogen and oxygen atoms in total. The quantitative estimate of drug-likeness (QED) is 0.418. The van der Waals surface area contributed by atoms with Crippen LogP contribution in [0.1, 0.15) is 0 Å². The zero-order valence-corrected chi connectivity index (χ0v) is 8.17. The van der Waals surface area contributed by atoms with Crippen LogP contribution in [0.3, 0.4) is 0 Å². The van der Waals surface area contributed by atoms with Gasteiger partial charge >= 0.3 is 5.69 Å². The van der Waals surface area contributed by atoms with Crippen molar-refractivity contribution in [1.82, 2.24) is 4.98 Å². The van der Waals surface area contributed by atoms with E-state index in [0.29, 0.717) is 5.76 Å². The molecule has 80 valence electrons. The topological polar surface area (TPSA) is 74.5 Å². The standard InChI is InChI=1S/C9H10N2O4/c1-7(14-2)6-15-9-8(11(12)13)4-3-5-10-9/h3-5H,1,6H2,2H3. The summed E-state index contributed by atoms with van der Waals surface area (Å²) in [6.45, 7) is 3.55. The molecule has 0 N–H and O–H groups in total. The van der Waals surface area contributed by atoms with Crippen molar-refractivity contribution in [3.05, 3.63) is 40.8 Å². The normalized spacial score (nSPS) is 9.40. The van der Waals surface area contributed by atoms with Gasteiger partial charge in [-0.1, -0.05) is 6.58 Å². The molecule has 0 spiro atoms. The van der Waals surface area contributed by atoms with E-state index in [1.165, 1.54) is 25.4 Å². The van der Waals surface area contributed by atoms with E-state index in [4.69, 9.17) is 9.47 Å². The van der Waals surface area contributed by atoms with E-state index >= 15 is 0 Å². The number of hydrogen-bond acceptors (Lipinski definition) is 5. The van der Waals surface area contributed by atoms with Gasteiger partial charge in [0.25, 0.3) is 5.88 Å². The molecule has 0 unspecified atom stereocenters. The fraction of sp³-hybridized carbons (Fsp3) is 0.222. The molecule has 0 aliphatic rings. The highest BCUT2D eigenvalue weighted by molar-refractivity contribution is 5.39. The highest BCUT2D eigenvalue weighted by Crippen LogP contribution is 2.22. The summed E-state index contributed by atoms with van der Waals surface area (Å²) in [6, 6.07) is 2.79. The van der Waals surface area contributed by atoms with Crippen molar-refractivity contribution in [2.45, 2.75) is 0 Å². The Labute approximate surface area is 86.3 Å². The van der Waals surface area contributed by atoms with Gasteiger partial charge in [-0.25, -0.2) is 4.98 Å². The number of nitrogens with zero attached hydrogens (tertiary/aromatic N) is 2. The van der Waals surface area contributed by atoms with Gasteiger partial charge in [0.2, 0.25) is 0 Å². The minimum Gasteiger partial charge on any atom is -0.498 e. The van der Waals surface area contributed by atoms with Crippen LogP contribution in [0.4, 0.5) is 5.69 Å². The summed E-state index contributed by atoms with van der Waals surface area (Å²) in [5.74, 6) is 0.329. The van der Waals surface area contributed by atoms with Crippen molar-refractivity contribution in [2.24, 2.45) is 0 Å². The minimum atomic E-state index is -0.558. The molecule has 1 aromatic heterocycles. The first-order chi connectivity index (χ1) is 7.15. The molecule has 0 radical (unpaired) electrons. The Bertz CT molecular complexity index is 378. The zero-order valence-electron chi connectivity index (χ0n) is 8.17. The maximum Gasteiger partial charge on any atom is 0.330 e. The highest BCUT2D eigenvalue weighted by atomic mass is 16.6. The van der Waals surface area contributed by atoms with Crippen molar-refractivity contribution < 1.29 is 14.4 Å². The van der Waals surface area contributed by atoms with E-state index in [1.54, 1.807) is 0 Å². The first-order valence-electron chi connectivity index (χ1n) is 4.09. The molecule has 1 aromatic rings. The number of rotatable bonds is 5. The van der Waals surface area contributed by atoms with Gasteiger partial charge in [0.15, 0.2) is 0 Å². The number of aromatic nitrogens is 1. The first-order valence-corrected chi connectivity index (χ1v) is 4.09. The smallest absolute Gasteiger partial charge is 0.330 e. The molecule has 15 heavy (non-hydrogen) atoms. The van der Waals surface area contributed by atoms with Crippen LogP contribution in [-0.4, -0.2) is 23.6 Å². The summed E-state index contributed by atoms with van der Waals surface area (Å²) >= 11 is 0. The average molecular weight is 210 g/mol. The summed E-state index contributed by atoms with van der Waals surface area (Å²) in [5, 5.41) is 10.6. The predicted octanol–water partition coefficient (Wildman–Crippen LogP) is 1.53. The third-order valence-corrected chi connectivity index (χ3v) is 1.61. The lowest BCUT2D eigenvalue weighted by Crippen LogP contribution is -2.05. The predicted molar refractivity (Wildman–Crippen MR) is 52.5 cm³/mol. The molecule has 0 aliphatic heterocycles. The Kier molecular flexibility index (Phi) is 3.61. The van der Waals surface area contributed by atoms with Gasteiger partial charge in [0, 0.05) is 12.3 Å². The Morgan fingerprint density at radius 3 is 3.07 bits per heavy atom. The summed E-state index contributed by atoms with van der Waals surface area (Å²) in [6.07, 6.45) is 1.41. The average Bonchev–Trinajstić information content (AvgIpc) is 2.26. The Hall–Kier alpha value is -2.11. The Morgan fingerprint density at radius 2 is 2.47 bits per heavy atom. The zero-order chi connectivity index (χ0) is 11.3. The lowest BCUT2D eigenvalue weighted by atomic mass is 10.4. The number of ether oxygens (including phenoxy) is 2. The molecule has 0 amide bonds. The largest absolute Gasteiger partial charge is 0.498 e. The third kappa shape index (κ3) is 2.94. The fourth-order valence-electron chi connectivity index (χ4n) is 0.840. The van der Waals surface area contributed by atoms with Gasteiger partial charge in [-0.15, -0.1) is 0 Å². The molecule has 0 saturated heterocycles. The molecular formula is C9H10N2O4. The van der Waals surface area contributed by atoms with Gasteiger partial charge in [0.05, 0.1) is 12.0 Å². The van der Waals surface area contributed by atoms with Crippen LogP contribution in [-0.2, 0) is 4.74 Å². The maximum atomic E-state index is 10.6. The van der Waals surface area contributed by atoms with E-state index < -0.39 is 4.92 Å². The number of nitro groups is 1. The van der Waals surface area contributed by atoms with Crippen LogP contribution >= 0.6 is 0 Å². The lowest BCUT2D eigenvalue weighted by molar-refractivity contribution is -0.386. The van der Waals surface area contributed by atoms with E-state index in [2.05, 4.69) is 11.6 Å². The fourth-order valence-corrected chi connectivity index (χ4v) is 0.840. The monoisotopic (exact) mass is 210 g/mol. The van der Waals surface area contributed by atoms with E-state index in [9.17, 15) is 10.1 Å². The maximum absolute atomic E-state index is 10.6. The molecular weight excluding hydrogens is 200 g/mol. The molecule has 1 rings (SSSR count). The van der Waals surface area contributed by atoms with E-state index in [0.717, 1.165) is 0 Å². The minimum absolute atomic E-state index is 0.0361. The van der Waals surface area contributed by atoms with E-state index in [1.807, 2.05) is 0 Å². The van der Waals surface area contributed by atoms with Crippen molar-refractivity contribution in [3.63, 3.8) is 0 Å². The molecule has 0 fully saturated rings. The molecule has 0 bridgehead atoms. The molecule has 0 aliphatic carbocycles. The van der Waals surface area contributed by atoms with Gasteiger partial charge in [-0.2, -0.15) is 0 Å². The van der Waals surface area contributed by atoms with Crippen molar-refractivity contribution in [3.8, 4) is 5.88 Å². The second kappa shape index (κ2) is 4.94. The molecule has 6 heteroatoms. The van der Waals surface area contributed by atoms with E-state index in [-0.39, 0.29) is 18.2 Å². The van der Waals surface area contributed by atoms with Crippen LogP contribution in [0.15, 0.2) is 30.7 Å². The van der Waals surface area contributed by atoms with Gasteiger partial charge in [-0.05, 0) is 6.07 Å². The van der Waals surface area contributed by atoms with Crippen molar-refractivity contribution in [1.29, 1.82) is 0 Å². The second-order valence-corrected chi connectivity index (χ2v) is 2.62. The highest BCUT2D eigenvalue weighted by Gasteiger charge is 2.15. The lowest BCUT2D eigenvalue weighted by Gasteiger charge is -2.06. The third-order valence-electron chi connectivity index (χ3n) is 1.61. The van der Waals surface area contributed by atoms with Crippen LogP contribution in [0.2, 0.25) is 0 Å². The summed E-state index contributed by atoms with van der Waals surface area (Å²) in [7, 11) is 1.44. The number of methoxy groups -OCH3 is 1. The van der Waals surface area contributed by atoms with Gasteiger partial charge in [-0.3, -0.25) is 10.1 Å². The number of pyridine rings is 1. The summed E-state index contributed by atoms with van der Waals surface area (Å²) in [4.78, 5) is 13.8. The molecule has 0 aromatic carbocycles. The van der Waals surface area contributed by atoms with Gasteiger partial charge in [0.1, 0.15) is 12.4 Å². The van der Waals surface area contributed by atoms with Crippen molar-refractivity contribution in [2.75, 3.05) is 13.7 Å². The van der Waals surface area contributed by atoms with Gasteiger partial charge < -0.3 is 9.47 Å². The van der Waals surface area contributed by atoms with Crippen LogP contribution < -0.4 is 4.74 Å². The Balaban J connectivity index is 2.76. The summed E-state index contributed by atoms with van der Waals surface area (Å²) < 4.78 is 9.83. The second-order valence-electron chi connectivity index (χ2n) is 2.62. The van der Waals surface area contributed by atoms with Crippen molar-refractivity contribution >= 4 is 5.69 Å². The van der Waals surface area contributed by atoms with Crippen LogP contribution in [0, 0.1) is 10.1 Å². The number of hydrogen-bond donors (Lipinski definition) is 0. The van der Waals surface area contributed by atoms with Crippen LogP contribution in [0.25, 0.3) is 0 Å². The first kappa shape index (κ1) is 11.0. The van der Waals surface area contributed by atoms with Crippen LogP contribution in [0.5, 0.6) is 5.88 Å². The Morgan fingerprint density at radius 1 is 1.73 bits per heavy atom. The summed E-state index contributed by atoms with van der Waals surface area (Å²) in [5.41, 5.74) is -0.179. The molecule has 1 heterocycles.